The molecule has 2 heterocycles. The van der Waals surface area contributed by atoms with Crippen LogP contribution in [0.15, 0.2) is 50.7 Å². The second-order valence-corrected chi connectivity index (χ2v) is 5.94. The number of aromatic nitrogens is 2. The molecule has 1 amide bonds. The van der Waals surface area contributed by atoms with Gasteiger partial charge >= 0.3 is 0 Å². The molecule has 0 radical (unpaired) electrons. The van der Waals surface area contributed by atoms with Gasteiger partial charge in [-0.15, -0.1) is 21.5 Å². The molecular weight excluding hydrogens is 354 g/mol. The van der Waals surface area contributed by atoms with Gasteiger partial charge < -0.3 is 9.73 Å². The Labute approximate surface area is 133 Å². The lowest BCUT2D eigenvalue weighted by atomic mass is 10.2. The number of hydrogen-bond donors (Lipinski definition) is 1. The van der Waals surface area contributed by atoms with Crippen LogP contribution < -0.4 is 5.32 Å². The highest BCUT2D eigenvalue weighted by Gasteiger charge is 2.12. The summed E-state index contributed by atoms with van der Waals surface area (Å²) in [5.74, 6) is 0.646. The van der Waals surface area contributed by atoms with E-state index >= 15 is 0 Å². The first-order valence-corrected chi connectivity index (χ1v) is 7.80. The second kappa shape index (κ2) is 6.19. The van der Waals surface area contributed by atoms with Crippen molar-refractivity contribution in [3.05, 3.63) is 57.7 Å². The highest BCUT2D eigenvalue weighted by atomic mass is 79.9. The number of nitrogens with one attached hydrogen (secondary N) is 1. The summed E-state index contributed by atoms with van der Waals surface area (Å²) in [4.78, 5) is 13.0. The number of nitrogens with zero attached hydrogens (tertiary/aromatic N) is 2. The number of carbonyl (C=O) groups excluding carboxylic acids is 1. The fourth-order valence-electron chi connectivity index (χ4n) is 1.72. The van der Waals surface area contributed by atoms with Crippen molar-refractivity contribution in [3.8, 4) is 10.8 Å². The molecular formula is C14H10BrN3O2S. The van der Waals surface area contributed by atoms with E-state index in [1.807, 2.05) is 29.6 Å². The molecule has 0 saturated heterocycles. The van der Waals surface area contributed by atoms with E-state index < -0.39 is 0 Å². The summed E-state index contributed by atoms with van der Waals surface area (Å²) in [6.45, 7) is 0.193. The van der Waals surface area contributed by atoms with Crippen molar-refractivity contribution in [2.45, 2.75) is 6.54 Å². The molecule has 5 nitrogen and oxygen atoms in total. The Morgan fingerprint density at radius 2 is 2.10 bits per heavy atom. The molecule has 7 heteroatoms. The summed E-state index contributed by atoms with van der Waals surface area (Å²) in [5.41, 5.74) is 0.565. The summed E-state index contributed by atoms with van der Waals surface area (Å²) in [6, 6.07) is 11.0. The monoisotopic (exact) mass is 363 g/mol. The molecule has 21 heavy (non-hydrogen) atoms. The molecule has 0 aliphatic heterocycles. The number of thiophene rings is 1. The normalized spacial score (nSPS) is 10.5. The Morgan fingerprint density at radius 3 is 2.86 bits per heavy atom. The third-order valence-electron chi connectivity index (χ3n) is 2.72. The predicted octanol–water partition coefficient (Wildman–Crippen LogP) is 3.49. The molecule has 0 aliphatic rings. The van der Waals surface area contributed by atoms with Gasteiger partial charge in [-0.05, 0) is 39.5 Å². The zero-order valence-electron chi connectivity index (χ0n) is 10.7. The largest absolute Gasteiger partial charge is 0.418 e. The van der Waals surface area contributed by atoms with Gasteiger partial charge in [-0.3, -0.25) is 4.79 Å². The first-order valence-electron chi connectivity index (χ1n) is 6.13. The van der Waals surface area contributed by atoms with Crippen LogP contribution in [0.2, 0.25) is 0 Å². The fraction of sp³-hybridized carbons (Fsp3) is 0.0714. The van der Waals surface area contributed by atoms with Gasteiger partial charge in [0.05, 0.1) is 17.0 Å². The van der Waals surface area contributed by atoms with Crippen molar-refractivity contribution < 1.29 is 9.21 Å². The Bertz CT molecular complexity index is 755. The maximum atomic E-state index is 12.0. The predicted molar refractivity (Wildman–Crippen MR) is 82.9 cm³/mol. The average molecular weight is 364 g/mol. The van der Waals surface area contributed by atoms with E-state index in [0.717, 1.165) is 9.35 Å². The number of halogens is 1. The lowest BCUT2D eigenvalue weighted by Crippen LogP contribution is -2.23. The van der Waals surface area contributed by atoms with Crippen LogP contribution in [0.5, 0.6) is 0 Å². The van der Waals surface area contributed by atoms with E-state index in [1.165, 1.54) is 11.3 Å². The standard InChI is InChI=1S/C14H10BrN3O2S/c15-10-5-2-1-4-9(10)13(19)16-8-12-17-18-14(20-12)11-6-3-7-21-11/h1-7H,8H2,(H,16,19). The number of carbonyl (C=O) groups is 1. The maximum absolute atomic E-state index is 12.0. The van der Waals surface area contributed by atoms with Gasteiger partial charge in [0.2, 0.25) is 5.89 Å². The number of amides is 1. The highest BCUT2D eigenvalue weighted by Crippen LogP contribution is 2.23. The summed E-state index contributed by atoms with van der Waals surface area (Å²) < 4.78 is 6.25. The van der Waals surface area contributed by atoms with Gasteiger partial charge in [0.25, 0.3) is 11.8 Å². The van der Waals surface area contributed by atoms with Crippen molar-refractivity contribution in [3.63, 3.8) is 0 Å². The Hall–Kier alpha value is -1.99. The summed E-state index contributed by atoms with van der Waals surface area (Å²) in [5, 5.41) is 12.6. The summed E-state index contributed by atoms with van der Waals surface area (Å²) in [7, 11) is 0. The zero-order chi connectivity index (χ0) is 14.7. The third kappa shape index (κ3) is 3.20. The minimum absolute atomic E-state index is 0.193. The Balaban J connectivity index is 1.66. The fourth-order valence-corrected chi connectivity index (χ4v) is 2.83. The van der Waals surface area contributed by atoms with E-state index in [-0.39, 0.29) is 12.5 Å². The van der Waals surface area contributed by atoms with Gasteiger partial charge in [0.15, 0.2) is 0 Å². The first kappa shape index (κ1) is 14.0. The third-order valence-corrected chi connectivity index (χ3v) is 4.27. The molecule has 1 aromatic carbocycles. The van der Waals surface area contributed by atoms with E-state index in [0.29, 0.717) is 17.3 Å². The Morgan fingerprint density at radius 1 is 1.24 bits per heavy atom. The van der Waals surface area contributed by atoms with Crippen LogP contribution in [0.1, 0.15) is 16.2 Å². The van der Waals surface area contributed by atoms with Crippen LogP contribution in [0, 0.1) is 0 Å². The lowest BCUT2D eigenvalue weighted by Gasteiger charge is -2.04. The van der Waals surface area contributed by atoms with Gasteiger partial charge in [0, 0.05) is 4.47 Å². The van der Waals surface area contributed by atoms with Crippen LogP contribution in [-0.4, -0.2) is 16.1 Å². The minimum Gasteiger partial charge on any atom is -0.418 e. The maximum Gasteiger partial charge on any atom is 0.257 e. The molecule has 1 N–H and O–H groups in total. The molecule has 106 valence electrons. The molecule has 0 aliphatic carbocycles. The van der Waals surface area contributed by atoms with Gasteiger partial charge in [0.1, 0.15) is 0 Å². The lowest BCUT2D eigenvalue weighted by molar-refractivity contribution is 0.0946. The molecule has 0 fully saturated rings. The van der Waals surface area contributed by atoms with Crippen molar-refractivity contribution in [1.29, 1.82) is 0 Å². The Kier molecular flexibility index (Phi) is 4.12. The van der Waals surface area contributed by atoms with Gasteiger partial charge in [-0.25, -0.2) is 0 Å². The SMILES string of the molecule is O=C(NCc1nnc(-c2cccs2)o1)c1ccccc1Br. The average Bonchev–Trinajstić information content (AvgIpc) is 3.16. The van der Waals surface area contributed by atoms with Crippen molar-refractivity contribution >= 4 is 33.2 Å². The topological polar surface area (TPSA) is 68.0 Å². The molecule has 3 aromatic rings. The quantitative estimate of drug-likeness (QED) is 0.770. The highest BCUT2D eigenvalue weighted by molar-refractivity contribution is 9.10. The first-order chi connectivity index (χ1) is 10.2. The van der Waals surface area contributed by atoms with Crippen molar-refractivity contribution in [2.75, 3.05) is 0 Å². The molecule has 3 rings (SSSR count). The van der Waals surface area contributed by atoms with E-state index in [2.05, 4.69) is 31.4 Å². The smallest absolute Gasteiger partial charge is 0.257 e. The van der Waals surface area contributed by atoms with Crippen LogP contribution in [0.25, 0.3) is 10.8 Å². The van der Waals surface area contributed by atoms with Crippen LogP contribution in [0.4, 0.5) is 0 Å². The zero-order valence-corrected chi connectivity index (χ0v) is 13.1. The van der Waals surface area contributed by atoms with Crippen LogP contribution >= 0.6 is 27.3 Å². The van der Waals surface area contributed by atoms with Crippen molar-refractivity contribution in [2.24, 2.45) is 0 Å². The summed E-state index contributed by atoms with van der Waals surface area (Å²) in [6.07, 6.45) is 0. The van der Waals surface area contributed by atoms with Crippen LogP contribution in [0.3, 0.4) is 0 Å². The van der Waals surface area contributed by atoms with Crippen molar-refractivity contribution in [1.82, 2.24) is 15.5 Å². The van der Waals surface area contributed by atoms with E-state index in [1.54, 1.807) is 12.1 Å². The number of rotatable bonds is 4. The molecule has 0 atom stereocenters. The molecule has 0 unspecified atom stereocenters. The van der Waals surface area contributed by atoms with Gasteiger partial charge in [-0.1, -0.05) is 18.2 Å². The second-order valence-electron chi connectivity index (χ2n) is 4.14. The molecule has 0 spiro atoms. The van der Waals surface area contributed by atoms with E-state index in [9.17, 15) is 4.79 Å². The number of hydrogen-bond acceptors (Lipinski definition) is 5. The van der Waals surface area contributed by atoms with Gasteiger partial charge in [-0.2, -0.15) is 0 Å². The molecule has 0 saturated carbocycles. The minimum atomic E-state index is -0.196. The van der Waals surface area contributed by atoms with E-state index in [4.69, 9.17) is 4.42 Å². The molecule has 2 aromatic heterocycles. The van der Waals surface area contributed by atoms with Crippen LogP contribution in [-0.2, 0) is 6.54 Å². The summed E-state index contributed by atoms with van der Waals surface area (Å²) >= 11 is 4.87. The molecule has 0 bridgehead atoms. The number of benzene rings is 1.